The van der Waals surface area contributed by atoms with E-state index in [0.717, 1.165) is 68.2 Å². The normalized spacial score (nSPS) is 16.0. The summed E-state index contributed by atoms with van der Waals surface area (Å²) in [6.45, 7) is 8.65. The van der Waals surface area contributed by atoms with Crippen molar-refractivity contribution >= 4 is 0 Å². The van der Waals surface area contributed by atoms with Crippen molar-refractivity contribution in [3.63, 3.8) is 0 Å². The number of phenols is 1. The molecular formula is C27H42O3. The number of aromatic hydroxyl groups is 1. The van der Waals surface area contributed by atoms with Crippen molar-refractivity contribution < 1.29 is 14.6 Å². The summed E-state index contributed by atoms with van der Waals surface area (Å²) in [6, 6.07) is 4.06. The van der Waals surface area contributed by atoms with Gasteiger partial charge in [0, 0.05) is 25.5 Å². The van der Waals surface area contributed by atoms with Gasteiger partial charge in [-0.05, 0) is 83.4 Å². The fraction of sp³-hybridized carbons (Fsp3) is 0.630. The monoisotopic (exact) mass is 414 g/mol. The summed E-state index contributed by atoms with van der Waals surface area (Å²) in [6.07, 6.45) is 15.8. The molecule has 1 aromatic rings. The maximum Gasteiger partial charge on any atom is 0.210 e. The molecule has 1 aromatic carbocycles. The first kappa shape index (κ1) is 24.5. The van der Waals surface area contributed by atoms with Gasteiger partial charge in [-0.15, -0.1) is 0 Å². The molecule has 0 amide bonds. The minimum absolute atomic E-state index is 0.344. The largest absolute Gasteiger partial charge is 0.508 e. The average Bonchev–Trinajstić information content (AvgIpc) is 3.16. The number of ether oxygens (including phenoxy) is 2. The first-order valence-corrected chi connectivity index (χ1v) is 11.8. The van der Waals surface area contributed by atoms with E-state index in [0.29, 0.717) is 12.2 Å². The van der Waals surface area contributed by atoms with Gasteiger partial charge in [0.1, 0.15) is 11.5 Å². The molecule has 0 aromatic heterocycles. The lowest BCUT2D eigenvalue weighted by molar-refractivity contribution is -0.157. The van der Waals surface area contributed by atoms with E-state index in [4.69, 9.17) is 9.47 Å². The van der Waals surface area contributed by atoms with Gasteiger partial charge < -0.3 is 14.6 Å². The van der Waals surface area contributed by atoms with Crippen molar-refractivity contribution in [1.82, 2.24) is 0 Å². The Kier molecular flexibility index (Phi) is 9.97. The molecule has 0 aliphatic heterocycles. The van der Waals surface area contributed by atoms with E-state index < -0.39 is 5.79 Å². The Balaban J connectivity index is 2.24. The smallest absolute Gasteiger partial charge is 0.210 e. The standard InChI is InChI=1S/C27H42O3/c1-6-7-8-14-23-19-25(28)24(16-15-22(4)13-11-12-21(2)3)26(20-23)30-27(29-5)17-9-10-18-27/h12,15,19-20,28H,6-11,13-14,16-18H2,1-5H3/b22-15+. The summed E-state index contributed by atoms with van der Waals surface area (Å²) >= 11 is 0. The van der Waals surface area contributed by atoms with E-state index in [9.17, 15) is 5.11 Å². The van der Waals surface area contributed by atoms with Crippen LogP contribution in [0.5, 0.6) is 11.5 Å². The van der Waals surface area contributed by atoms with E-state index in [1.54, 1.807) is 7.11 Å². The molecule has 1 saturated carbocycles. The lowest BCUT2D eigenvalue weighted by Gasteiger charge is -2.30. The lowest BCUT2D eigenvalue weighted by Crippen LogP contribution is -2.35. The number of phenolic OH excluding ortho intramolecular Hbond substituents is 1. The van der Waals surface area contributed by atoms with Crippen molar-refractivity contribution in [3.05, 3.63) is 46.6 Å². The van der Waals surface area contributed by atoms with Gasteiger partial charge in [-0.25, -0.2) is 0 Å². The van der Waals surface area contributed by atoms with E-state index in [1.165, 1.54) is 24.0 Å². The minimum Gasteiger partial charge on any atom is -0.508 e. The summed E-state index contributed by atoms with van der Waals surface area (Å²) in [5, 5.41) is 10.9. The van der Waals surface area contributed by atoms with Crippen LogP contribution >= 0.6 is 0 Å². The predicted molar refractivity (Wildman–Crippen MR) is 126 cm³/mol. The third-order valence-electron chi connectivity index (χ3n) is 6.09. The van der Waals surface area contributed by atoms with Gasteiger partial charge in [-0.3, -0.25) is 0 Å². The van der Waals surface area contributed by atoms with Crippen LogP contribution in [0, 0.1) is 0 Å². The average molecular weight is 415 g/mol. The molecular weight excluding hydrogens is 372 g/mol. The Hall–Kier alpha value is -1.74. The molecule has 3 nitrogen and oxygen atoms in total. The highest BCUT2D eigenvalue weighted by molar-refractivity contribution is 5.49. The van der Waals surface area contributed by atoms with Gasteiger partial charge in [-0.2, -0.15) is 0 Å². The molecule has 0 unspecified atom stereocenters. The number of allylic oxidation sites excluding steroid dienone is 4. The molecule has 0 bridgehead atoms. The second-order valence-corrected chi connectivity index (χ2v) is 9.05. The quantitative estimate of drug-likeness (QED) is 0.217. The summed E-state index contributed by atoms with van der Waals surface area (Å²) in [7, 11) is 1.74. The maximum absolute atomic E-state index is 10.9. The van der Waals surface area contributed by atoms with E-state index >= 15 is 0 Å². The Morgan fingerprint density at radius 3 is 2.47 bits per heavy atom. The lowest BCUT2D eigenvalue weighted by atomic mass is 10.00. The highest BCUT2D eigenvalue weighted by Gasteiger charge is 2.37. The molecule has 1 aliphatic rings. The fourth-order valence-electron chi connectivity index (χ4n) is 4.13. The molecule has 1 aliphatic carbocycles. The third-order valence-corrected chi connectivity index (χ3v) is 6.09. The number of hydrogen-bond donors (Lipinski definition) is 1. The Morgan fingerprint density at radius 2 is 1.83 bits per heavy atom. The molecule has 30 heavy (non-hydrogen) atoms. The molecule has 1 fully saturated rings. The van der Waals surface area contributed by atoms with E-state index in [1.807, 2.05) is 6.07 Å². The second kappa shape index (κ2) is 12.2. The summed E-state index contributed by atoms with van der Waals surface area (Å²) in [5.41, 5.74) is 4.72. The molecule has 0 heterocycles. The Bertz CT molecular complexity index is 720. The summed E-state index contributed by atoms with van der Waals surface area (Å²) < 4.78 is 12.3. The minimum atomic E-state index is -0.550. The van der Waals surface area contributed by atoms with Crippen LogP contribution in [0.15, 0.2) is 35.4 Å². The van der Waals surface area contributed by atoms with Gasteiger partial charge >= 0.3 is 0 Å². The third kappa shape index (κ3) is 7.50. The van der Waals surface area contributed by atoms with Gasteiger partial charge in [0.15, 0.2) is 0 Å². The molecule has 168 valence electrons. The predicted octanol–water partition coefficient (Wildman–Crippen LogP) is 7.66. The van der Waals surface area contributed by atoms with Gasteiger partial charge in [0.2, 0.25) is 5.79 Å². The SMILES string of the molecule is CCCCCc1cc(O)c(C/C=C(\C)CCC=C(C)C)c(OC2(OC)CCCC2)c1. The molecule has 0 atom stereocenters. The fourth-order valence-corrected chi connectivity index (χ4v) is 4.13. The number of methoxy groups -OCH3 is 1. The second-order valence-electron chi connectivity index (χ2n) is 9.05. The van der Waals surface area contributed by atoms with Crippen LogP contribution in [-0.4, -0.2) is 18.0 Å². The molecule has 0 saturated heterocycles. The summed E-state index contributed by atoms with van der Waals surface area (Å²) in [4.78, 5) is 0. The number of hydrogen-bond acceptors (Lipinski definition) is 3. The van der Waals surface area contributed by atoms with Crippen molar-refractivity contribution in [2.75, 3.05) is 7.11 Å². The van der Waals surface area contributed by atoms with Crippen molar-refractivity contribution in [1.29, 1.82) is 0 Å². The van der Waals surface area contributed by atoms with Gasteiger partial charge in [0.05, 0.1) is 0 Å². The van der Waals surface area contributed by atoms with Gasteiger partial charge in [-0.1, -0.05) is 43.1 Å². The van der Waals surface area contributed by atoms with Crippen LogP contribution in [0.4, 0.5) is 0 Å². The van der Waals surface area contributed by atoms with E-state index in [-0.39, 0.29) is 0 Å². The number of rotatable bonds is 12. The zero-order valence-electron chi connectivity index (χ0n) is 19.9. The maximum atomic E-state index is 10.9. The topological polar surface area (TPSA) is 38.7 Å². The first-order chi connectivity index (χ1) is 14.4. The Labute approximate surface area is 184 Å². The van der Waals surface area contributed by atoms with Crippen LogP contribution in [0.1, 0.15) is 96.6 Å². The molecule has 1 N–H and O–H groups in total. The van der Waals surface area contributed by atoms with Crippen molar-refractivity contribution in [3.8, 4) is 11.5 Å². The molecule has 0 spiro atoms. The highest BCUT2D eigenvalue weighted by Crippen LogP contribution is 2.39. The zero-order chi connectivity index (χ0) is 22.0. The summed E-state index contributed by atoms with van der Waals surface area (Å²) in [5.74, 6) is 0.584. The number of aryl methyl sites for hydroxylation is 1. The van der Waals surface area contributed by atoms with Gasteiger partial charge in [0.25, 0.3) is 0 Å². The van der Waals surface area contributed by atoms with Crippen LogP contribution in [-0.2, 0) is 17.6 Å². The first-order valence-electron chi connectivity index (χ1n) is 11.8. The zero-order valence-corrected chi connectivity index (χ0v) is 19.9. The highest BCUT2D eigenvalue weighted by atomic mass is 16.7. The van der Waals surface area contributed by atoms with Crippen LogP contribution in [0.2, 0.25) is 0 Å². The van der Waals surface area contributed by atoms with Crippen molar-refractivity contribution in [2.24, 2.45) is 0 Å². The molecule has 0 radical (unpaired) electrons. The number of benzene rings is 1. The van der Waals surface area contributed by atoms with Crippen molar-refractivity contribution in [2.45, 2.75) is 104 Å². The molecule has 2 rings (SSSR count). The van der Waals surface area contributed by atoms with Crippen LogP contribution in [0.25, 0.3) is 0 Å². The number of unbranched alkanes of at least 4 members (excludes halogenated alkanes) is 2. The van der Waals surface area contributed by atoms with Crippen LogP contribution in [0.3, 0.4) is 0 Å². The Morgan fingerprint density at radius 1 is 1.10 bits per heavy atom. The van der Waals surface area contributed by atoms with Crippen LogP contribution < -0.4 is 4.74 Å². The molecule has 3 heteroatoms. The van der Waals surface area contributed by atoms with E-state index in [2.05, 4.69) is 45.9 Å².